The van der Waals surface area contributed by atoms with Crippen molar-refractivity contribution < 1.29 is 14.3 Å². The van der Waals surface area contributed by atoms with Crippen LogP contribution >= 0.6 is 11.8 Å². The van der Waals surface area contributed by atoms with Crippen molar-refractivity contribution in [3.05, 3.63) is 41.6 Å². The van der Waals surface area contributed by atoms with Crippen LogP contribution in [0.15, 0.2) is 35.4 Å². The molecule has 1 amide bonds. The number of carbonyl (C=O) groups is 1. The van der Waals surface area contributed by atoms with Crippen molar-refractivity contribution >= 4 is 23.4 Å². The van der Waals surface area contributed by atoms with Crippen molar-refractivity contribution in [2.45, 2.75) is 43.4 Å². The fourth-order valence-corrected chi connectivity index (χ4v) is 3.41. The third-order valence-electron chi connectivity index (χ3n) is 4.10. The highest BCUT2D eigenvalue weighted by Crippen LogP contribution is 2.29. The molecule has 1 aromatic carbocycles. The predicted molar refractivity (Wildman–Crippen MR) is 111 cm³/mol. The molecule has 7 heteroatoms. The zero-order valence-electron chi connectivity index (χ0n) is 16.6. The number of pyridine rings is 1. The summed E-state index contributed by atoms with van der Waals surface area (Å²) in [5, 5.41) is 12.4. The van der Waals surface area contributed by atoms with E-state index in [0.717, 1.165) is 25.0 Å². The van der Waals surface area contributed by atoms with Crippen LogP contribution in [-0.2, 0) is 11.2 Å². The molecule has 0 aliphatic rings. The normalized spacial score (nSPS) is 11.4. The number of nitrogens with zero attached hydrogens (tertiary/aromatic N) is 2. The van der Waals surface area contributed by atoms with Crippen molar-refractivity contribution in [2.24, 2.45) is 0 Å². The zero-order chi connectivity index (χ0) is 20.5. The van der Waals surface area contributed by atoms with Crippen LogP contribution in [0.4, 0.5) is 5.69 Å². The number of amides is 1. The summed E-state index contributed by atoms with van der Waals surface area (Å²) in [6.45, 7) is 3.91. The van der Waals surface area contributed by atoms with E-state index in [2.05, 4.69) is 23.3 Å². The fraction of sp³-hybridized carbons (Fsp3) is 0.381. The minimum absolute atomic E-state index is 0.190. The Morgan fingerprint density at radius 2 is 1.93 bits per heavy atom. The fourth-order valence-electron chi connectivity index (χ4n) is 2.50. The van der Waals surface area contributed by atoms with E-state index in [-0.39, 0.29) is 5.91 Å². The number of methoxy groups -OCH3 is 2. The number of nitriles is 1. The number of ether oxygens (including phenoxy) is 2. The monoisotopic (exact) mass is 399 g/mol. The Bertz CT molecular complexity index is 842. The van der Waals surface area contributed by atoms with Crippen molar-refractivity contribution in [3.8, 4) is 17.6 Å². The third-order valence-corrected chi connectivity index (χ3v) is 5.20. The number of aryl methyl sites for hydroxylation is 1. The van der Waals surface area contributed by atoms with E-state index in [0.29, 0.717) is 27.8 Å². The molecule has 1 aromatic heterocycles. The lowest BCUT2D eigenvalue weighted by molar-refractivity contribution is -0.115. The van der Waals surface area contributed by atoms with Crippen LogP contribution in [-0.4, -0.2) is 30.4 Å². The van der Waals surface area contributed by atoms with Gasteiger partial charge in [0.15, 0.2) is 0 Å². The van der Waals surface area contributed by atoms with Gasteiger partial charge < -0.3 is 14.8 Å². The average molecular weight is 400 g/mol. The third kappa shape index (κ3) is 5.89. The average Bonchev–Trinajstić information content (AvgIpc) is 2.71. The summed E-state index contributed by atoms with van der Waals surface area (Å²) in [4.78, 5) is 17.2. The highest BCUT2D eigenvalue weighted by Gasteiger charge is 2.18. The number of hydrogen-bond donors (Lipinski definition) is 1. The predicted octanol–water partition coefficient (Wildman–Crippen LogP) is 4.43. The first-order chi connectivity index (χ1) is 13.5. The molecule has 2 rings (SSSR count). The van der Waals surface area contributed by atoms with E-state index < -0.39 is 5.25 Å². The highest BCUT2D eigenvalue weighted by atomic mass is 32.2. The lowest BCUT2D eigenvalue weighted by Crippen LogP contribution is -2.22. The number of anilines is 1. The second kappa shape index (κ2) is 10.6. The van der Waals surface area contributed by atoms with Gasteiger partial charge in [0.05, 0.1) is 25.0 Å². The Kier molecular flexibility index (Phi) is 8.15. The van der Waals surface area contributed by atoms with E-state index in [1.807, 2.05) is 6.07 Å². The van der Waals surface area contributed by atoms with E-state index in [1.165, 1.54) is 11.8 Å². The first kappa shape index (κ1) is 21.6. The van der Waals surface area contributed by atoms with Gasteiger partial charge in [0, 0.05) is 29.6 Å². The van der Waals surface area contributed by atoms with Gasteiger partial charge in [0.25, 0.3) is 0 Å². The van der Waals surface area contributed by atoms with Gasteiger partial charge in [-0.25, -0.2) is 4.98 Å². The maximum atomic E-state index is 12.6. The van der Waals surface area contributed by atoms with Crippen LogP contribution in [0.1, 0.15) is 37.9 Å². The lowest BCUT2D eigenvalue weighted by Gasteiger charge is -2.14. The highest BCUT2D eigenvalue weighted by molar-refractivity contribution is 8.00. The molecular weight excluding hydrogens is 374 g/mol. The quantitative estimate of drug-likeness (QED) is 0.628. The van der Waals surface area contributed by atoms with Crippen molar-refractivity contribution in [2.75, 3.05) is 19.5 Å². The zero-order valence-corrected chi connectivity index (χ0v) is 17.4. The van der Waals surface area contributed by atoms with E-state index in [4.69, 9.17) is 9.47 Å². The molecule has 148 valence electrons. The lowest BCUT2D eigenvalue weighted by atomic mass is 10.2. The standard InChI is InChI=1S/C21H25N3O3S/c1-5-6-7-16-9-8-15(13-22)21(24-16)28-14(2)20(25)23-17-10-18(26-3)12-19(11-17)27-4/h8-12,14H,5-7H2,1-4H3,(H,23,25). The van der Waals surface area contributed by atoms with Gasteiger partial charge in [-0.3, -0.25) is 4.79 Å². The Morgan fingerprint density at radius 3 is 2.50 bits per heavy atom. The SMILES string of the molecule is CCCCc1ccc(C#N)c(SC(C)C(=O)Nc2cc(OC)cc(OC)c2)n1. The maximum absolute atomic E-state index is 12.6. The summed E-state index contributed by atoms with van der Waals surface area (Å²) < 4.78 is 10.5. The molecule has 0 aliphatic carbocycles. The summed E-state index contributed by atoms with van der Waals surface area (Å²) in [5.74, 6) is 0.990. The number of nitrogens with one attached hydrogen (secondary N) is 1. The van der Waals surface area contributed by atoms with Gasteiger partial charge in [-0.15, -0.1) is 0 Å². The van der Waals surface area contributed by atoms with Gasteiger partial charge in [0.2, 0.25) is 5.91 Å². The Labute approximate surface area is 170 Å². The van der Waals surface area contributed by atoms with Crippen molar-refractivity contribution in [1.29, 1.82) is 5.26 Å². The molecule has 1 unspecified atom stereocenters. The molecule has 0 fully saturated rings. The second-order valence-corrected chi connectivity index (χ2v) is 7.55. The summed E-state index contributed by atoms with van der Waals surface area (Å²) in [5.41, 5.74) is 2.00. The number of aromatic nitrogens is 1. The van der Waals surface area contributed by atoms with Crippen LogP contribution < -0.4 is 14.8 Å². The summed E-state index contributed by atoms with van der Waals surface area (Å²) in [6, 6.07) is 11.0. The molecular formula is C21H25N3O3S. The molecule has 0 spiro atoms. The maximum Gasteiger partial charge on any atom is 0.237 e. The van der Waals surface area contributed by atoms with E-state index in [9.17, 15) is 10.1 Å². The first-order valence-corrected chi connectivity index (χ1v) is 9.99. The number of thioether (sulfide) groups is 1. The summed E-state index contributed by atoms with van der Waals surface area (Å²) >= 11 is 1.28. The molecule has 0 radical (unpaired) electrons. The molecule has 1 heterocycles. The minimum Gasteiger partial charge on any atom is -0.497 e. The number of unbranched alkanes of at least 4 members (excludes halogenated alkanes) is 1. The van der Waals surface area contributed by atoms with Crippen molar-refractivity contribution in [3.63, 3.8) is 0 Å². The molecule has 0 saturated heterocycles. The van der Waals surface area contributed by atoms with Gasteiger partial charge >= 0.3 is 0 Å². The number of hydrogen-bond acceptors (Lipinski definition) is 6. The molecule has 6 nitrogen and oxygen atoms in total. The molecule has 2 aromatic rings. The molecule has 1 N–H and O–H groups in total. The van der Waals surface area contributed by atoms with Crippen LogP contribution in [0.2, 0.25) is 0 Å². The summed E-state index contributed by atoms with van der Waals surface area (Å²) in [6.07, 6.45) is 2.98. The van der Waals surface area contributed by atoms with Gasteiger partial charge in [-0.2, -0.15) is 5.26 Å². The molecule has 28 heavy (non-hydrogen) atoms. The van der Waals surface area contributed by atoms with E-state index >= 15 is 0 Å². The Balaban J connectivity index is 2.13. The van der Waals surface area contributed by atoms with E-state index in [1.54, 1.807) is 45.4 Å². The number of benzene rings is 1. The van der Waals surface area contributed by atoms with Crippen LogP contribution in [0.25, 0.3) is 0 Å². The van der Waals surface area contributed by atoms with Crippen LogP contribution in [0, 0.1) is 11.3 Å². The number of rotatable bonds is 9. The topological polar surface area (TPSA) is 84.2 Å². The van der Waals surface area contributed by atoms with Gasteiger partial charge in [-0.05, 0) is 31.9 Å². The molecule has 0 bridgehead atoms. The summed E-state index contributed by atoms with van der Waals surface area (Å²) in [7, 11) is 3.11. The first-order valence-electron chi connectivity index (χ1n) is 9.11. The second-order valence-electron chi connectivity index (χ2n) is 6.22. The molecule has 1 atom stereocenters. The van der Waals surface area contributed by atoms with Crippen molar-refractivity contribution in [1.82, 2.24) is 4.98 Å². The Morgan fingerprint density at radius 1 is 1.25 bits per heavy atom. The minimum atomic E-state index is -0.432. The van der Waals surface area contributed by atoms with Crippen LogP contribution in [0.3, 0.4) is 0 Å². The largest absolute Gasteiger partial charge is 0.497 e. The molecule has 0 aliphatic heterocycles. The smallest absolute Gasteiger partial charge is 0.237 e. The molecule has 0 saturated carbocycles. The Hall–Kier alpha value is -2.72. The van der Waals surface area contributed by atoms with Gasteiger partial charge in [0.1, 0.15) is 22.6 Å². The van der Waals surface area contributed by atoms with Gasteiger partial charge in [-0.1, -0.05) is 25.1 Å². The van der Waals surface area contributed by atoms with Crippen LogP contribution in [0.5, 0.6) is 11.5 Å². The number of carbonyl (C=O) groups excluding carboxylic acids is 1.